The Morgan fingerprint density at radius 2 is 2.05 bits per heavy atom. The number of likely N-dealkylation sites (N-methyl/N-ethyl adjacent to an activating group) is 1. The van der Waals surface area contributed by atoms with Crippen molar-refractivity contribution < 1.29 is 9.21 Å². The maximum atomic E-state index is 12.4. The second-order valence-corrected chi connectivity index (χ2v) is 5.57. The largest absolute Gasteiger partial charge is 0.453 e. The molecule has 1 aromatic heterocycles. The summed E-state index contributed by atoms with van der Waals surface area (Å²) in [6.45, 7) is 3.53. The lowest BCUT2D eigenvalue weighted by molar-refractivity contribution is 0.0874. The summed E-state index contributed by atoms with van der Waals surface area (Å²) in [5.41, 5.74) is 0.791. The molecule has 0 amide bonds. The molecule has 0 unspecified atom stereocenters. The average Bonchev–Trinajstić information content (AvgIpc) is 3.13. The van der Waals surface area contributed by atoms with Gasteiger partial charge < -0.3 is 4.42 Å². The Hall–Kier alpha value is -1.61. The zero-order valence-corrected chi connectivity index (χ0v) is 12.0. The summed E-state index contributed by atoms with van der Waals surface area (Å²) in [6, 6.07) is 10.2. The first kappa shape index (κ1) is 13.4. The predicted molar refractivity (Wildman–Crippen MR) is 80.0 cm³/mol. The van der Waals surface area contributed by atoms with Crippen molar-refractivity contribution in [1.82, 2.24) is 4.90 Å². The van der Waals surface area contributed by atoms with Gasteiger partial charge in [0.2, 0.25) is 5.78 Å². The normalized spacial score (nSPS) is 16.3. The van der Waals surface area contributed by atoms with E-state index in [0.29, 0.717) is 18.3 Å². The van der Waals surface area contributed by atoms with Gasteiger partial charge in [0, 0.05) is 11.4 Å². The number of hydrogen-bond donors (Lipinski definition) is 0. The number of furan rings is 1. The van der Waals surface area contributed by atoms with Gasteiger partial charge in [0.05, 0.1) is 6.54 Å². The lowest BCUT2D eigenvalue weighted by atomic mass is 10.1. The van der Waals surface area contributed by atoms with Crippen LogP contribution in [0.3, 0.4) is 0 Å². The molecule has 3 rings (SSSR count). The minimum absolute atomic E-state index is 0.0925. The van der Waals surface area contributed by atoms with Crippen LogP contribution in [-0.4, -0.2) is 29.8 Å². The summed E-state index contributed by atoms with van der Waals surface area (Å²) in [5, 5.41) is 1.000. The second-order valence-electron chi connectivity index (χ2n) is 5.57. The Bertz CT molecular complexity index is 563. The molecule has 0 N–H and O–H groups in total. The van der Waals surface area contributed by atoms with Crippen LogP contribution in [0.2, 0.25) is 0 Å². The van der Waals surface area contributed by atoms with E-state index in [1.807, 2.05) is 30.3 Å². The molecule has 3 nitrogen and oxygen atoms in total. The topological polar surface area (TPSA) is 33.5 Å². The van der Waals surface area contributed by atoms with Crippen LogP contribution in [0.1, 0.15) is 43.2 Å². The summed E-state index contributed by atoms with van der Waals surface area (Å²) >= 11 is 0. The summed E-state index contributed by atoms with van der Waals surface area (Å²) in [7, 11) is 0. The van der Waals surface area contributed by atoms with Crippen LogP contribution in [0.25, 0.3) is 11.0 Å². The van der Waals surface area contributed by atoms with Gasteiger partial charge in [-0.1, -0.05) is 38.0 Å². The van der Waals surface area contributed by atoms with Crippen LogP contribution in [0.5, 0.6) is 0 Å². The molecule has 0 spiro atoms. The van der Waals surface area contributed by atoms with Crippen LogP contribution in [0, 0.1) is 0 Å². The number of carbonyl (C=O) groups is 1. The summed E-state index contributed by atoms with van der Waals surface area (Å²) in [5.74, 6) is 0.581. The first-order valence-corrected chi connectivity index (χ1v) is 7.53. The molecule has 3 heteroatoms. The highest BCUT2D eigenvalue weighted by Gasteiger charge is 2.24. The maximum absolute atomic E-state index is 12.4. The molecule has 20 heavy (non-hydrogen) atoms. The van der Waals surface area contributed by atoms with E-state index in [1.54, 1.807) is 0 Å². The smallest absolute Gasteiger partial charge is 0.211 e. The van der Waals surface area contributed by atoms with Crippen molar-refractivity contribution in [2.24, 2.45) is 0 Å². The SMILES string of the molecule is CCN(CC(=O)c1cc2ccccc2o1)C1CCCC1. The standard InChI is InChI=1S/C17H21NO2/c1-2-18(14-8-4-5-9-14)12-15(19)17-11-13-7-3-6-10-16(13)20-17/h3,6-7,10-11,14H,2,4-5,8-9,12H2,1H3. The van der Waals surface area contributed by atoms with Crippen molar-refractivity contribution in [2.75, 3.05) is 13.1 Å². The van der Waals surface area contributed by atoms with Crippen LogP contribution < -0.4 is 0 Å². The first-order valence-electron chi connectivity index (χ1n) is 7.53. The summed E-state index contributed by atoms with van der Waals surface area (Å²) in [6.07, 6.45) is 5.03. The molecule has 1 aliphatic rings. The van der Waals surface area contributed by atoms with Crippen molar-refractivity contribution in [3.8, 4) is 0 Å². The minimum Gasteiger partial charge on any atom is -0.453 e. The predicted octanol–water partition coefficient (Wildman–Crippen LogP) is 3.88. The molecule has 0 saturated heterocycles. The number of para-hydroxylation sites is 1. The number of fused-ring (bicyclic) bond motifs is 1. The molecule has 0 bridgehead atoms. The number of Topliss-reactive ketones (excluding diaryl/α,β-unsaturated/α-hetero) is 1. The molecule has 1 heterocycles. The lowest BCUT2D eigenvalue weighted by Gasteiger charge is -2.26. The van der Waals surface area contributed by atoms with Crippen LogP contribution in [0.4, 0.5) is 0 Å². The third-order valence-electron chi connectivity index (χ3n) is 4.29. The highest BCUT2D eigenvalue weighted by atomic mass is 16.3. The molecule has 1 fully saturated rings. The molecule has 2 aromatic rings. The van der Waals surface area contributed by atoms with E-state index in [2.05, 4.69) is 11.8 Å². The molecule has 0 aliphatic heterocycles. The number of nitrogens with zero attached hydrogens (tertiary/aromatic N) is 1. The van der Waals surface area contributed by atoms with Crippen molar-refractivity contribution in [3.63, 3.8) is 0 Å². The van der Waals surface area contributed by atoms with Crippen molar-refractivity contribution in [2.45, 2.75) is 38.6 Å². The van der Waals surface area contributed by atoms with Gasteiger partial charge in [-0.3, -0.25) is 9.69 Å². The van der Waals surface area contributed by atoms with Crippen LogP contribution in [0.15, 0.2) is 34.7 Å². The fourth-order valence-electron chi connectivity index (χ4n) is 3.15. The third kappa shape index (κ3) is 2.63. The van der Waals surface area contributed by atoms with Gasteiger partial charge >= 0.3 is 0 Å². The molecule has 0 atom stereocenters. The van der Waals surface area contributed by atoms with Gasteiger partial charge in [0.1, 0.15) is 5.58 Å². The Kier molecular flexibility index (Phi) is 3.88. The molecule has 1 aromatic carbocycles. The number of benzene rings is 1. The Morgan fingerprint density at radius 3 is 2.75 bits per heavy atom. The van der Waals surface area contributed by atoms with E-state index in [0.717, 1.165) is 17.5 Å². The minimum atomic E-state index is 0.0925. The van der Waals surface area contributed by atoms with E-state index in [9.17, 15) is 4.79 Å². The average molecular weight is 271 g/mol. The number of ketones is 1. The molecule has 106 valence electrons. The van der Waals surface area contributed by atoms with E-state index in [-0.39, 0.29) is 5.78 Å². The van der Waals surface area contributed by atoms with E-state index in [4.69, 9.17) is 4.42 Å². The van der Waals surface area contributed by atoms with Crippen LogP contribution >= 0.6 is 0 Å². The molecule has 1 saturated carbocycles. The zero-order valence-electron chi connectivity index (χ0n) is 12.0. The Balaban J connectivity index is 1.74. The molecule has 0 radical (unpaired) electrons. The van der Waals surface area contributed by atoms with Gasteiger partial charge in [0.15, 0.2) is 5.76 Å². The van der Waals surface area contributed by atoms with Gasteiger partial charge in [-0.05, 0) is 31.5 Å². The van der Waals surface area contributed by atoms with E-state index < -0.39 is 0 Å². The molecule has 1 aliphatic carbocycles. The van der Waals surface area contributed by atoms with Crippen molar-refractivity contribution in [1.29, 1.82) is 0 Å². The number of rotatable bonds is 5. The van der Waals surface area contributed by atoms with E-state index in [1.165, 1.54) is 25.7 Å². The lowest BCUT2D eigenvalue weighted by Crippen LogP contribution is -2.37. The van der Waals surface area contributed by atoms with Gasteiger partial charge in [0.25, 0.3) is 0 Å². The second kappa shape index (κ2) is 5.80. The number of hydrogen-bond acceptors (Lipinski definition) is 3. The monoisotopic (exact) mass is 271 g/mol. The summed E-state index contributed by atoms with van der Waals surface area (Å²) < 4.78 is 5.66. The zero-order chi connectivity index (χ0) is 13.9. The molecular weight excluding hydrogens is 250 g/mol. The fourth-order valence-corrected chi connectivity index (χ4v) is 3.15. The van der Waals surface area contributed by atoms with Crippen molar-refractivity contribution >= 4 is 16.8 Å². The van der Waals surface area contributed by atoms with Gasteiger partial charge in [-0.2, -0.15) is 0 Å². The Morgan fingerprint density at radius 1 is 1.30 bits per heavy atom. The Labute approximate surface area is 119 Å². The van der Waals surface area contributed by atoms with E-state index >= 15 is 0 Å². The highest BCUT2D eigenvalue weighted by Crippen LogP contribution is 2.24. The van der Waals surface area contributed by atoms with Crippen molar-refractivity contribution in [3.05, 3.63) is 36.1 Å². The highest BCUT2D eigenvalue weighted by molar-refractivity contribution is 5.98. The maximum Gasteiger partial charge on any atom is 0.211 e. The summed E-state index contributed by atoms with van der Waals surface area (Å²) in [4.78, 5) is 14.7. The first-order chi connectivity index (χ1) is 9.78. The molecular formula is C17H21NO2. The third-order valence-corrected chi connectivity index (χ3v) is 4.29. The van der Waals surface area contributed by atoms with Crippen LogP contribution in [-0.2, 0) is 0 Å². The quantitative estimate of drug-likeness (QED) is 0.774. The van der Waals surface area contributed by atoms with Gasteiger partial charge in [-0.15, -0.1) is 0 Å². The van der Waals surface area contributed by atoms with Gasteiger partial charge in [-0.25, -0.2) is 0 Å². The number of carbonyl (C=O) groups excluding carboxylic acids is 1. The fraction of sp³-hybridized carbons (Fsp3) is 0.471.